The lowest BCUT2D eigenvalue weighted by Crippen LogP contribution is -2.46. The van der Waals surface area contributed by atoms with Crippen LogP contribution in [0, 0.1) is 0 Å². The molecule has 0 spiro atoms. The molecule has 2 aromatic rings. The van der Waals surface area contributed by atoms with Gasteiger partial charge in [0.05, 0.1) is 10.9 Å². The average molecular weight is 305 g/mol. The molecular weight excluding hydrogens is 290 g/mol. The Morgan fingerprint density at radius 1 is 1.27 bits per heavy atom. The van der Waals surface area contributed by atoms with Gasteiger partial charge in [-0.05, 0) is 19.1 Å². The van der Waals surface area contributed by atoms with Crippen LogP contribution in [0.5, 0.6) is 0 Å². The minimum Gasteiger partial charge on any atom is -0.480 e. The van der Waals surface area contributed by atoms with Gasteiger partial charge in [0.25, 0.3) is 5.56 Å². The topological polar surface area (TPSA) is 110 Å². The molecule has 22 heavy (non-hydrogen) atoms. The first-order valence-electron chi connectivity index (χ1n) is 6.53. The molecule has 0 bridgehead atoms. The Morgan fingerprint density at radius 2 is 1.91 bits per heavy atom. The van der Waals surface area contributed by atoms with Crippen molar-refractivity contribution in [1.82, 2.24) is 14.5 Å². The Bertz CT molecular complexity index is 865. The largest absolute Gasteiger partial charge is 0.480 e. The van der Waals surface area contributed by atoms with E-state index in [9.17, 15) is 19.2 Å². The normalized spacial score (nSPS) is 12.1. The minimum atomic E-state index is -1.20. The van der Waals surface area contributed by atoms with Gasteiger partial charge in [-0.3, -0.25) is 23.5 Å². The highest BCUT2D eigenvalue weighted by Gasteiger charge is 2.17. The highest BCUT2D eigenvalue weighted by atomic mass is 16.4. The zero-order valence-corrected chi connectivity index (χ0v) is 12.1. The molecule has 0 aliphatic heterocycles. The summed E-state index contributed by atoms with van der Waals surface area (Å²) < 4.78 is 2.05. The maximum Gasteiger partial charge on any atom is 0.331 e. The lowest BCUT2D eigenvalue weighted by molar-refractivity contribution is -0.141. The van der Waals surface area contributed by atoms with Gasteiger partial charge < -0.3 is 10.4 Å². The number of carbonyl (C=O) groups excluding carboxylic acids is 1. The molecule has 0 saturated heterocycles. The number of aromatic nitrogens is 2. The quantitative estimate of drug-likeness (QED) is 0.775. The minimum absolute atomic E-state index is 0.309. The predicted octanol–water partition coefficient (Wildman–Crippen LogP) is -0.710. The zero-order chi connectivity index (χ0) is 16.4. The molecule has 0 radical (unpaired) electrons. The SMILES string of the molecule is C[C@@H](NC(=O)Cn1c(=O)c2ccccc2n(C)c1=O)C(=O)O. The van der Waals surface area contributed by atoms with Gasteiger partial charge in [0.2, 0.25) is 5.91 Å². The molecule has 1 aromatic heterocycles. The molecule has 8 nitrogen and oxygen atoms in total. The highest BCUT2D eigenvalue weighted by molar-refractivity contribution is 5.83. The van der Waals surface area contributed by atoms with E-state index in [0.717, 1.165) is 4.57 Å². The van der Waals surface area contributed by atoms with E-state index >= 15 is 0 Å². The molecule has 1 aromatic carbocycles. The van der Waals surface area contributed by atoms with Crippen LogP contribution in [0.4, 0.5) is 0 Å². The number of benzene rings is 1. The monoisotopic (exact) mass is 305 g/mol. The number of carbonyl (C=O) groups is 2. The number of amides is 1. The maximum absolute atomic E-state index is 12.3. The third-order valence-corrected chi connectivity index (χ3v) is 3.31. The molecule has 0 aliphatic carbocycles. The first kappa shape index (κ1) is 15.5. The van der Waals surface area contributed by atoms with Crippen LogP contribution in [0.2, 0.25) is 0 Å². The van der Waals surface area contributed by atoms with Crippen molar-refractivity contribution in [3.05, 3.63) is 45.1 Å². The molecular formula is C14H15N3O5. The number of aryl methyl sites for hydroxylation is 1. The van der Waals surface area contributed by atoms with E-state index in [4.69, 9.17) is 5.11 Å². The molecule has 2 N–H and O–H groups in total. The van der Waals surface area contributed by atoms with Crippen LogP contribution >= 0.6 is 0 Å². The fraction of sp³-hybridized carbons (Fsp3) is 0.286. The first-order valence-corrected chi connectivity index (χ1v) is 6.53. The van der Waals surface area contributed by atoms with Gasteiger partial charge in [0.1, 0.15) is 12.6 Å². The molecule has 1 amide bonds. The number of hydrogen-bond acceptors (Lipinski definition) is 4. The summed E-state index contributed by atoms with van der Waals surface area (Å²) in [6.45, 7) is 0.759. The Hall–Kier alpha value is -2.90. The van der Waals surface area contributed by atoms with Crippen LogP contribution in [-0.2, 0) is 23.2 Å². The Labute approximate surface area is 124 Å². The van der Waals surface area contributed by atoms with Crippen LogP contribution in [0.3, 0.4) is 0 Å². The summed E-state index contributed by atoms with van der Waals surface area (Å²) in [6, 6.07) is 5.45. The number of nitrogens with one attached hydrogen (secondary N) is 1. The predicted molar refractivity (Wildman–Crippen MR) is 78.7 cm³/mol. The summed E-state index contributed by atoms with van der Waals surface area (Å²) in [5.74, 6) is -1.92. The van der Waals surface area contributed by atoms with Crippen LogP contribution in [-0.4, -0.2) is 32.2 Å². The lowest BCUT2D eigenvalue weighted by Gasteiger charge is -2.12. The molecule has 0 fully saturated rings. The lowest BCUT2D eigenvalue weighted by atomic mass is 10.2. The summed E-state index contributed by atoms with van der Waals surface area (Å²) in [6.07, 6.45) is 0. The Morgan fingerprint density at radius 3 is 2.55 bits per heavy atom. The summed E-state index contributed by atoms with van der Waals surface area (Å²) >= 11 is 0. The number of para-hydroxylation sites is 1. The molecule has 0 unspecified atom stereocenters. The molecule has 116 valence electrons. The van der Waals surface area contributed by atoms with E-state index in [1.54, 1.807) is 24.3 Å². The first-order chi connectivity index (χ1) is 10.3. The van der Waals surface area contributed by atoms with Crippen LogP contribution in [0.1, 0.15) is 6.92 Å². The maximum atomic E-state index is 12.3. The second-order valence-electron chi connectivity index (χ2n) is 4.88. The van der Waals surface area contributed by atoms with Gasteiger partial charge in [0.15, 0.2) is 0 Å². The number of nitrogens with zero attached hydrogens (tertiary/aromatic N) is 2. The van der Waals surface area contributed by atoms with Crippen LogP contribution in [0.25, 0.3) is 10.9 Å². The third-order valence-electron chi connectivity index (χ3n) is 3.31. The number of carboxylic acids is 1. The van der Waals surface area contributed by atoms with Gasteiger partial charge >= 0.3 is 11.7 Å². The Kier molecular flexibility index (Phi) is 4.11. The van der Waals surface area contributed by atoms with Gasteiger partial charge in [-0.2, -0.15) is 0 Å². The van der Waals surface area contributed by atoms with Crippen molar-refractivity contribution in [1.29, 1.82) is 0 Å². The standard InChI is InChI=1S/C14H15N3O5/c1-8(13(20)21)15-11(18)7-17-12(19)9-5-3-4-6-10(9)16(2)14(17)22/h3-6,8H,7H2,1-2H3,(H,15,18)(H,20,21)/t8-/m1/s1. The van der Waals surface area contributed by atoms with E-state index < -0.39 is 35.7 Å². The van der Waals surface area contributed by atoms with Crippen molar-refractivity contribution < 1.29 is 14.7 Å². The smallest absolute Gasteiger partial charge is 0.331 e. The third kappa shape index (κ3) is 2.76. The summed E-state index contributed by atoms with van der Waals surface area (Å²) in [5, 5.41) is 11.3. The van der Waals surface area contributed by atoms with Crippen LogP contribution < -0.4 is 16.6 Å². The Balaban J connectivity index is 2.45. The van der Waals surface area contributed by atoms with Crippen molar-refractivity contribution in [2.75, 3.05) is 0 Å². The number of carboxylic acid groups (broad SMARTS) is 1. The highest BCUT2D eigenvalue weighted by Crippen LogP contribution is 2.05. The second-order valence-corrected chi connectivity index (χ2v) is 4.88. The zero-order valence-electron chi connectivity index (χ0n) is 12.1. The van der Waals surface area contributed by atoms with Crippen molar-refractivity contribution in [2.24, 2.45) is 7.05 Å². The number of aliphatic carboxylic acids is 1. The summed E-state index contributed by atoms with van der Waals surface area (Å²) in [7, 11) is 1.50. The molecule has 8 heteroatoms. The van der Waals surface area contributed by atoms with Gasteiger partial charge in [-0.15, -0.1) is 0 Å². The molecule has 1 heterocycles. The number of rotatable bonds is 4. The van der Waals surface area contributed by atoms with E-state index in [-0.39, 0.29) is 0 Å². The van der Waals surface area contributed by atoms with E-state index in [2.05, 4.69) is 5.32 Å². The van der Waals surface area contributed by atoms with Crippen molar-refractivity contribution >= 4 is 22.8 Å². The van der Waals surface area contributed by atoms with Gasteiger partial charge in [0, 0.05) is 7.05 Å². The van der Waals surface area contributed by atoms with Crippen molar-refractivity contribution in [2.45, 2.75) is 19.5 Å². The molecule has 0 aliphatic rings. The molecule has 1 atom stereocenters. The van der Waals surface area contributed by atoms with Crippen LogP contribution in [0.15, 0.2) is 33.9 Å². The van der Waals surface area contributed by atoms with Crippen molar-refractivity contribution in [3.63, 3.8) is 0 Å². The summed E-state index contributed by atoms with van der Waals surface area (Å²) in [5.41, 5.74) is -0.758. The molecule has 0 saturated carbocycles. The van der Waals surface area contributed by atoms with E-state index in [1.165, 1.54) is 18.5 Å². The fourth-order valence-corrected chi connectivity index (χ4v) is 2.10. The summed E-state index contributed by atoms with van der Waals surface area (Å²) in [4.78, 5) is 47.0. The number of fused-ring (bicyclic) bond motifs is 1. The van der Waals surface area contributed by atoms with E-state index in [0.29, 0.717) is 10.9 Å². The molecule has 2 rings (SSSR count). The second kappa shape index (κ2) is 5.84. The van der Waals surface area contributed by atoms with Crippen molar-refractivity contribution in [3.8, 4) is 0 Å². The van der Waals surface area contributed by atoms with E-state index in [1.807, 2.05) is 0 Å². The fourth-order valence-electron chi connectivity index (χ4n) is 2.10. The number of hydrogen-bond donors (Lipinski definition) is 2. The van der Waals surface area contributed by atoms with Gasteiger partial charge in [-0.1, -0.05) is 12.1 Å². The van der Waals surface area contributed by atoms with Gasteiger partial charge in [-0.25, -0.2) is 4.79 Å². The average Bonchev–Trinajstić information content (AvgIpc) is 2.49.